The molecule has 2 aromatic carbocycles. The Labute approximate surface area is 159 Å². The second kappa shape index (κ2) is 8.49. The van der Waals surface area contributed by atoms with E-state index in [4.69, 9.17) is 0 Å². The van der Waals surface area contributed by atoms with E-state index >= 15 is 0 Å². The molecule has 0 saturated heterocycles. The Hall–Kier alpha value is -2.14. The zero-order valence-electron chi connectivity index (χ0n) is 15.3. The molecule has 2 aromatic rings. The smallest absolute Gasteiger partial charge is 0.326 e. The van der Waals surface area contributed by atoms with Crippen LogP contribution in [0.1, 0.15) is 36.8 Å². The first kappa shape index (κ1) is 18.6. The number of anilines is 2. The van der Waals surface area contributed by atoms with Gasteiger partial charge in [0.05, 0.1) is 11.4 Å². The molecule has 0 radical (unpaired) electrons. The number of carbonyl (C=O) groups is 1. The van der Waals surface area contributed by atoms with Crippen LogP contribution < -0.4 is 10.6 Å². The first-order valence-electron chi connectivity index (χ1n) is 9.14. The number of aliphatic carboxylic acids is 1. The minimum atomic E-state index is -0.807. The van der Waals surface area contributed by atoms with E-state index in [9.17, 15) is 9.90 Å². The fourth-order valence-electron chi connectivity index (χ4n) is 3.47. The van der Waals surface area contributed by atoms with Gasteiger partial charge >= 0.3 is 5.97 Å². The molecule has 5 heteroatoms. The van der Waals surface area contributed by atoms with Crippen molar-refractivity contribution in [3.63, 3.8) is 0 Å². The highest BCUT2D eigenvalue weighted by Crippen LogP contribution is 2.41. The number of carboxylic acids is 1. The van der Waals surface area contributed by atoms with Gasteiger partial charge in [-0.1, -0.05) is 37.6 Å². The van der Waals surface area contributed by atoms with Gasteiger partial charge < -0.3 is 15.7 Å². The van der Waals surface area contributed by atoms with E-state index in [1.807, 2.05) is 43.0 Å². The van der Waals surface area contributed by atoms with Gasteiger partial charge in [0, 0.05) is 23.1 Å². The lowest BCUT2D eigenvalue weighted by Gasteiger charge is -2.20. The molecule has 1 aliphatic heterocycles. The lowest BCUT2D eigenvalue weighted by molar-refractivity contribution is -0.138. The maximum absolute atomic E-state index is 11.5. The standard InChI is InChI=1S/C21H26N2O2S/c1-3-7-18(21(24)25)23-17-10-5-4-9-16(17)22-12-15-13-26-19-11-6-8-14(2)20(15)19/h4-6,8-11,15,18,22-23H,3,7,12-13H2,1-2H3,(H,24,25)/t15?,18-/m0/s1. The Morgan fingerprint density at radius 1 is 1.23 bits per heavy atom. The third kappa shape index (κ3) is 4.15. The van der Waals surface area contributed by atoms with Gasteiger partial charge in [-0.25, -0.2) is 4.79 Å². The zero-order valence-corrected chi connectivity index (χ0v) is 16.1. The van der Waals surface area contributed by atoms with E-state index in [0.29, 0.717) is 12.3 Å². The molecule has 138 valence electrons. The molecule has 0 spiro atoms. The molecular weight excluding hydrogens is 344 g/mol. The molecule has 26 heavy (non-hydrogen) atoms. The average Bonchev–Trinajstić information content (AvgIpc) is 3.05. The molecule has 3 rings (SSSR count). The van der Waals surface area contributed by atoms with Gasteiger partial charge in [-0.2, -0.15) is 0 Å². The Balaban J connectivity index is 1.71. The number of carboxylic acid groups (broad SMARTS) is 1. The molecule has 1 aliphatic rings. The van der Waals surface area contributed by atoms with Gasteiger partial charge in [0.1, 0.15) is 6.04 Å². The van der Waals surface area contributed by atoms with Gasteiger partial charge in [-0.05, 0) is 42.7 Å². The maximum Gasteiger partial charge on any atom is 0.326 e. The fraction of sp³-hybridized carbons (Fsp3) is 0.381. The van der Waals surface area contributed by atoms with E-state index in [1.54, 1.807) is 0 Å². The van der Waals surface area contributed by atoms with Crippen LogP contribution in [-0.2, 0) is 4.79 Å². The number of para-hydroxylation sites is 2. The van der Waals surface area contributed by atoms with E-state index in [0.717, 1.165) is 30.1 Å². The molecule has 0 aliphatic carbocycles. The molecule has 1 unspecified atom stereocenters. The van der Waals surface area contributed by atoms with Crippen LogP contribution >= 0.6 is 11.8 Å². The second-order valence-corrected chi connectivity index (χ2v) is 7.81. The molecule has 0 aromatic heterocycles. The summed E-state index contributed by atoms with van der Waals surface area (Å²) in [5.74, 6) is 0.740. The Morgan fingerprint density at radius 3 is 2.73 bits per heavy atom. The maximum atomic E-state index is 11.5. The van der Waals surface area contributed by atoms with Crippen LogP contribution in [0.5, 0.6) is 0 Å². The van der Waals surface area contributed by atoms with Crippen LogP contribution in [0.15, 0.2) is 47.4 Å². The highest BCUT2D eigenvalue weighted by molar-refractivity contribution is 7.99. The fourth-order valence-corrected chi connectivity index (χ4v) is 4.79. The summed E-state index contributed by atoms with van der Waals surface area (Å²) >= 11 is 1.92. The van der Waals surface area contributed by atoms with Gasteiger partial charge in [0.15, 0.2) is 0 Å². The summed E-state index contributed by atoms with van der Waals surface area (Å²) in [7, 11) is 0. The van der Waals surface area contributed by atoms with Crippen molar-refractivity contribution in [2.75, 3.05) is 22.9 Å². The van der Waals surface area contributed by atoms with E-state index in [-0.39, 0.29) is 0 Å². The zero-order chi connectivity index (χ0) is 18.5. The largest absolute Gasteiger partial charge is 0.480 e. The molecule has 4 nitrogen and oxygen atoms in total. The van der Waals surface area contributed by atoms with Crippen LogP contribution in [0.3, 0.4) is 0 Å². The van der Waals surface area contributed by atoms with Crippen LogP contribution in [0.25, 0.3) is 0 Å². The summed E-state index contributed by atoms with van der Waals surface area (Å²) in [5, 5.41) is 16.1. The number of thioether (sulfide) groups is 1. The summed E-state index contributed by atoms with van der Waals surface area (Å²) in [5.41, 5.74) is 4.61. The van der Waals surface area contributed by atoms with Crippen molar-refractivity contribution in [1.82, 2.24) is 0 Å². The summed E-state index contributed by atoms with van der Waals surface area (Å²) in [6, 6.07) is 13.8. The Morgan fingerprint density at radius 2 is 2.00 bits per heavy atom. The van der Waals surface area contributed by atoms with Gasteiger partial charge in [0.2, 0.25) is 0 Å². The monoisotopic (exact) mass is 370 g/mol. The van der Waals surface area contributed by atoms with Crippen molar-refractivity contribution in [3.8, 4) is 0 Å². The molecule has 3 N–H and O–H groups in total. The minimum absolute atomic E-state index is 0.468. The summed E-state index contributed by atoms with van der Waals surface area (Å²) in [6.45, 7) is 5.02. The van der Waals surface area contributed by atoms with Crippen molar-refractivity contribution in [1.29, 1.82) is 0 Å². The van der Waals surface area contributed by atoms with Crippen molar-refractivity contribution < 1.29 is 9.90 Å². The third-order valence-corrected chi connectivity index (χ3v) is 6.04. The molecule has 0 amide bonds. The molecule has 1 heterocycles. The first-order chi connectivity index (χ1) is 12.6. The quantitative estimate of drug-likeness (QED) is 0.613. The lowest BCUT2D eigenvalue weighted by Crippen LogP contribution is -2.29. The average molecular weight is 371 g/mol. The lowest BCUT2D eigenvalue weighted by atomic mass is 9.96. The number of hydrogen-bond acceptors (Lipinski definition) is 4. The summed E-state index contributed by atoms with van der Waals surface area (Å²) in [4.78, 5) is 12.8. The van der Waals surface area contributed by atoms with Crippen molar-refractivity contribution in [3.05, 3.63) is 53.6 Å². The van der Waals surface area contributed by atoms with E-state index in [2.05, 4.69) is 35.8 Å². The number of rotatable bonds is 8. The van der Waals surface area contributed by atoms with Gasteiger partial charge in [0.25, 0.3) is 0 Å². The normalized spacial score (nSPS) is 16.8. The summed E-state index contributed by atoms with van der Waals surface area (Å²) < 4.78 is 0. The highest BCUT2D eigenvalue weighted by atomic mass is 32.2. The highest BCUT2D eigenvalue weighted by Gasteiger charge is 2.25. The Kier molecular flexibility index (Phi) is 6.09. The number of nitrogens with one attached hydrogen (secondary N) is 2. The molecule has 0 saturated carbocycles. The Bertz CT molecular complexity index is 778. The number of benzene rings is 2. The van der Waals surface area contributed by atoms with Crippen molar-refractivity contribution in [2.45, 2.75) is 43.5 Å². The number of hydrogen-bond donors (Lipinski definition) is 3. The van der Waals surface area contributed by atoms with E-state index < -0.39 is 12.0 Å². The number of aryl methyl sites for hydroxylation is 1. The second-order valence-electron chi connectivity index (χ2n) is 6.74. The van der Waals surface area contributed by atoms with E-state index in [1.165, 1.54) is 16.0 Å². The van der Waals surface area contributed by atoms with Crippen LogP contribution in [0.4, 0.5) is 11.4 Å². The molecule has 0 fully saturated rings. The van der Waals surface area contributed by atoms with Gasteiger partial charge in [-0.3, -0.25) is 0 Å². The first-order valence-corrected chi connectivity index (χ1v) is 10.1. The predicted octanol–water partition coefficient (Wildman–Crippen LogP) is 4.96. The number of fused-ring (bicyclic) bond motifs is 1. The topological polar surface area (TPSA) is 61.4 Å². The van der Waals surface area contributed by atoms with Crippen LogP contribution in [-0.4, -0.2) is 29.4 Å². The summed E-state index contributed by atoms with van der Waals surface area (Å²) in [6.07, 6.45) is 1.43. The molecule has 2 atom stereocenters. The minimum Gasteiger partial charge on any atom is -0.480 e. The SMILES string of the molecule is CCC[C@H](Nc1ccccc1NCC1CSc2cccc(C)c21)C(=O)O. The molecule has 0 bridgehead atoms. The van der Waals surface area contributed by atoms with Crippen LogP contribution in [0, 0.1) is 6.92 Å². The third-order valence-electron chi connectivity index (χ3n) is 4.80. The molecular formula is C21H26N2O2S. The van der Waals surface area contributed by atoms with Crippen molar-refractivity contribution >= 4 is 29.1 Å². The van der Waals surface area contributed by atoms with Gasteiger partial charge in [-0.15, -0.1) is 11.8 Å². The predicted molar refractivity (Wildman–Crippen MR) is 110 cm³/mol. The van der Waals surface area contributed by atoms with Crippen molar-refractivity contribution in [2.24, 2.45) is 0 Å². The van der Waals surface area contributed by atoms with Crippen LogP contribution in [0.2, 0.25) is 0 Å².